The Kier molecular flexibility index (Phi) is 5.64. The number of carbonyl (C=O) groups excluding carboxylic acids is 1. The molecule has 15 heavy (non-hydrogen) atoms. The summed E-state index contributed by atoms with van der Waals surface area (Å²) in [5, 5.41) is 8.55. The van der Waals surface area contributed by atoms with Crippen LogP contribution in [0.15, 0.2) is 0 Å². The maximum atomic E-state index is 12.0. The third-order valence-electron chi connectivity index (χ3n) is 1.85. The maximum absolute atomic E-state index is 12.0. The number of carbonyl (C=O) groups is 1. The van der Waals surface area contributed by atoms with Crippen molar-refractivity contribution in [2.75, 3.05) is 13.2 Å². The molecule has 90 valence electrons. The minimum atomic E-state index is -4.47. The molecule has 0 radical (unpaired) electrons. The van der Waals surface area contributed by atoms with E-state index in [0.29, 0.717) is 6.42 Å². The number of alkyl halides is 3. The van der Waals surface area contributed by atoms with Crippen LogP contribution in [0.5, 0.6) is 0 Å². The smallest absolute Gasteiger partial charge is 0.396 e. The molecule has 0 fully saturated rings. The Balaban J connectivity index is 4.29. The van der Waals surface area contributed by atoms with Crippen LogP contribution in [-0.4, -0.2) is 41.3 Å². The van der Waals surface area contributed by atoms with Gasteiger partial charge in [0.15, 0.2) is 0 Å². The van der Waals surface area contributed by atoms with E-state index in [4.69, 9.17) is 5.11 Å². The predicted molar refractivity (Wildman–Crippen MR) is 49.2 cm³/mol. The molecule has 0 aromatic carbocycles. The van der Waals surface area contributed by atoms with Gasteiger partial charge in [-0.05, 0) is 20.3 Å². The highest BCUT2D eigenvalue weighted by Gasteiger charge is 2.33. The quantitative estimate of drug-likeness (QED) is 0.774. The molecule has 0 unspecified atom stereocenters. The van der Waals surface area contributed by atoms with Gasteiger partial charge in [-0.1, -0.05) is 0 Å². The lowest BCUT2D eigenvalue weighted by molar-refractivity contribution is -0.162. The molecule has 0 aliphatic rings. The van der Waals surface area contributed by atoms with Gasteiger partial charge in [-0.3, -0.25) is 4.79 Å². The lowest BCUT2D eigenvalue weighted by Crippen LogP contribution is -2.40. The van der Waals surface area contributed by atoms with Crippen LogP contribution in [0.25, 0.3) is 0 Å². The molecular formula is C9H16F3NO2. The summed E-state index contributed by atoms with van der Waals surface area (Å²) in [6.07, 6.45) is -5.61. The Morgan fingerprint density at radius 2 is 1.93 bits per heavy atom. The molecule has 0 heterocycles. The van der Waals surface area contributed by atoms with E-state index < -0.39 is 18.5 Å². The average molecular weight is 227 g/mol. The largest absolute Gasteiger partial charge is 0.397 e. The molecule has 0 saturated carbocycles. The summed E-state index contributed by atoms with van der Waals surface area (Å²) >= 11 is 0. The zero-order valence-electron chi connectivity index (χ0n) is 8.84. The van der Waals surface area contributed by atoms with Gasteiger partial charge in [-0.25, -0.2) is 0 Å². The van der Waals surface area contributed by atoms with Crippen molar-refractivity contribution >= 4 is 5.91 Å². The minimum Gasteiger partial charge on any atom is -0.396 e. The van der Waals surface area contributed by atoms with Crippen LogP contribution in [0, 0.1) is 0 Å². The van der Waals surface area contributed by atoms with E-state index in [1.54, 1.807) is 13.8 Å². The van der Waals surface area contributed by atoms with E-state index in [0.717, 1.165) is 4.90 Å². The molecule has 3 nitrogen and oxygen atoms in total. The topological polar surface area (TPSA) is 40.5 Å². The summed E-state index contributed by atoms with van der Waals surface area (Å²) in [5.41, 5.74) is 0. The zero-order valence-corrected chi connectivity index (χ0v) is 8.84. The zero-order chi connectivity index (χ0) is 12.1. The van der Waals surface area contributed by atoms with Crippen LogP contribution < -0.4 is 0 Å². The van der Waals surface area contributed by atoms with E-state index in [9.17, 15) is 18.0 Å². The van der Waals surface area contributed by atoms with Crippen molar-refractivity contribution in [3.8, 4) is 0 Å². The van der Waals surface area contributed by atoms with Gasteiger partial charge >= 0.3 is 6.18 Å². The third kappa shape index (κ3) is 6.33. The fraction of sp³-hybridized carbons (Fsp3) is 0.889. The van der Waals surface area contributed by atoms with Crippen LogP contribution in [0.3, 0.4) is 0 Å². The number of rotatable bonds is 5. The molecule has 0 aliphatic carbocycles. The van der Waals surface area contributed by atoms with Gasteiger partial charge in [0, 0.05) is 19.2 Å². The Bertz CT molecular complexity index is 204. The molecule has 1 amide bonds. The van der Waals surface area contributed by atoms with Gasteiger partial charge in [0.05, 0.1) is 0 Å². The number of halogens is 3. The third-order valence-corrected chi connectivity index (χ3v) is 1.85. The molecule has 0 saturated heterocycles. The van der Waals surface area contributed by atoms with Gasteiger partial charge in [0.2, 0.25) is 5.91 Å². The Labute approximate surface area is 86.9 Å². The molecule has 0 aromatic rings. The Hall–Kier alpha value is -0.780. The van der Waals surface area contributed by atoms with Crippen molar-refractivity contribution < 1.29 is 23.1 Å². The van der Waals surface area contributed by atoms with E-state index in [1.807, 2.05) is 0 Å². The lowest BCUT2D eigenvalue weighted by Gasteiger charge is -2.27. The highest BCUT2D eigenvalue weighted by atomic mass is 19.4. The SMILES string of the molecule is CC(C)N(CCCO)C(=O)CC(F)(F)F. The summed E-state index contributed by atoms with van der Waals surface area (Å²) in [5.74, 6) is -0.939. The fourth-order valence-corrected chi connectivity index (χ4v) is 1.18. The molecular weight excluding hydrogens is 211 g/mol. The fourth-order valence-electron chi connectivity index (χ4n) is 1.18. The van der Waals surface area contributed by atoms with E-state index in [1.165, 1.54) is 0 Å². The second kappa shape index (κ2) is 5.95. The number of amides is 1. The number of hydrogen-bond acceptors (Lipinski definition) is 2. The van der Waals surface area contributed by atoms with E-state index in [-0.39, 0.29) is 19.2 Å². The molecule has 6 heteroatoms. The van der Waals surface area contributed by atoms with Crippen molar-refractivity contribution in [3.63, 3.8) is 0 Å². The molecule has 0 aromatic heterocycles. The first-order chi connectivity index (χ1) is 6.78. The molecule has 0 aliphatic heterocycles. The van der Waals surface area contributed by atoms with Gasteiger partial charge in [0.1, 0.15) is 6.42 Å². The summed E-state index contributed by atoms with van der Waals surface area (Å²) < 4.78 is 35.9. The first kappa shape index (κ1) is 14.2. The summed E-state index contributed by atoms with van der Waals surface area (Å²) in [6, 6.07) is -0.286. The molecule has 0 spiro atoms. The van der Waals surface area contributed by atoms with Gasteiger partial charge in [-0.2, -0.15) is 13.2 Å². The van der Waals surface area contributed by atoms with Crippen molar-refractivity contribution in [2.24, 2.45) is 0 Å². The number of hydrogen-bond donors (Lipinski definition) is 1. The van der Waals surface area contributed by atoms with Gasteiger partial charge in [-0.15, -0.1) is 0 Å². The van der Waals surface area contributed by atoms with Crippen molar-refractivity contribution in [2.45, 2.75) is 38.9 Å². The Morgan fingerprint density at radius 3 is 2.27 bits per heavy atom. The number of nitrogens with zero attached hydrogens (tertiary/aromatic N) is 1. The summed E-state index contributed by atoms with van der Waals surface area (Å²) in [7, 11) is 0. The van der Waals surface area contributed by atoms with Crippen LogP contribution in [0.2, 0.25) is 0 Å². The highest BCUT2D eigenvalue weighted by molar-refractivity contribution is 5.77. The predicted octanol–water partition coefficient (Wildman–Crippen LogP) is 1.56. The highest BCUT2D eigenvalue weighted by Crippen LogP contribution is 2.21. The normalized spacial score (nSPS) is 11.9. The van der Waals surface area contributed by atoms with Crippen molar-refractivity contribution in [1.29, 1.82) is 0 Å². The molecule has 0 bridgehead atoms. The lowest BCUT2D eigenvalue weighted by atomic mass is 10.2. The van der Waals surface area contributed by atoms with Crippen LogP contribution in [0.4, 0.5) is 13.2 Å². The molecule has 0 atom stereocenters. The monoisotopic (exact) mass is 227 g/mol. The number of aliphatic hydroxyl groups excluding tert-OH is 1. The van der Waals surface area contributed by atoms with Crippen LogP contribution in [0.1, 0.15) is 26.7 Å². The maximum Gasteiger partial charge on any atom is 0.397 e. The van der Waals surface area contributed by atoms with Crippen LogP contribution >= 0.6 is 0 Å². The van der Waals surface area contributed by atoms with Crippen LogP contribution in [-0.2, 0) is 4.79 Å². The second-order valence-corrected chi connectivity index (χ2v) is 3.55. The van der Waals surface area contributed by atoms with Gasteiger partial charge in [0.25, 0.3) is 0 Å². The summed E-state index contributed by atoms with van der Waals surface area (Å²) in [4.78, 5) is 12.4. The number of aliphatic hydroxyl groups is 1. The molecule has 1 N–H and O–H groups in total. The van der Waals surface area contributed by atoms with Gasteiger partial charge < -0.3 is 10.0 Å². The molecule has 0 rings (SSSR count). The van der Waals surface area contributed by atoms with E-state index >= 15 is 0 Å². The minimum absolute atomic E-state index is 0.136. The average Bonchev–Trinajstić information content (AvgIpc) is 2.00. The standard InChI is InChI=1S/C9H16F3NO2/c1-7(2)13(4-3-5-14)8(15)6-9(10,11)12/h7,14H,3-6H2,1-2H3. The van der Waals surface area contributed by atoms with Crippen molar-refractivity contribution in [1.82, 2.24) is 4.90 Å². The first-order valence-corrected chi connectivity index (χ1v) is 4.75. The first-order valence-electron chi connectivity index (χ1n) is 4.75. The summed E-state index contributed by atoms with van der Waals surface area (Å²) in [6.45, 7) is 3.31. The van der Waals surface area contributed by atoms with E-state index in [2.05, 4.69) is 0 Å². The second-order valence-electron chi connectivity index (χ2n) is 3.55. The Morgan fingerprint density at radius 1 is 1.40 bits per heavy atom. The van der Waals surface area contributed by atoms with Crippen molar-refractivity contribution in [3.05, 3.63) is 0 Å².